The number of hydrogen-bond donors (Lipinski definition) is 1. The lowest BCUT2D eigenvalue weighted by atomic mass is 10.3. The summed E-state index contributed by atoms with van der Waals surface area (Å²) in [5.41, 5.74) is 0.906. The summed E-state index contributed by atoms with van der Waals surface area (Å²) in [5.74, 6) is -0.294. The topological polar surface area (TPSA) is 50.4 Å². The molecule has 0 aromatic carbocycles. The molecule has 0 saturated heterocycles. The van der Waals surface area contributed by atoms with E-state index in [-0.39, 0.29) is 5.76 Å². The molecule has 60 valence electrons. The number of hydrogen-bond acceptors (Lipinski definition) is 2. The maximum atomic E-state index is 10.5. The summed E-state index contributed by atoms with van der Waals surface area (Å²) in [7, 11) is 0. The van der Waals surface area contributed by atoms with Crippen LogP contribution in [0.3, 0.4) is 0 Å². The maximum absolute atomic E-state index is 10.5. The predicted molar refractivity (Wildman–Crippen MR) is 47.9 cm³/mol. The van der Waals surface area contributed by atoms with E-state index in [1.54, 1.807) is 6.92 Å². The van der Waals surface area contributed by atoms with Crippen LogP contribution in [0.25, 0.3) is 0 Å². The van der Waals surface area contributed by atoms with Gasteiger partial charge in [0, 0.05) is 5.56 Å². The molecule has 0 aliphatic heterocycles. The molecule has 0 radical (unpaired) electrons. The van der Waals surface area contributed by atoms with Gasteiger partial charge in [-0.1, -0.05) is 0 Å². The molecule has 0 spiro atoms. The number of rotatable bonds is 1. The van der Waals surface area contributed by atoms with Gasteiger partial charge >= 0.3 is 5.97 Å². The van der Waals surface area contributed by atoms with E-state index < -0.39 is 5.97 Å². The zero-order valence-electron chi connectivity index (χ0n) is 6.14. The van der Waals surface area contributed by atoms with Crippen molar-refractivity contribution in [1.29, 1.82) is 0 Å². The smallest absolute Gasteiger partial charge is 0.372 e. The number of carboxylic acid groups (broad SMARTS) is 1. The van der Waals surface area contributed by atoms with E-state index in [2.05, 4.69) is 0 Å². The van der Waals surface area contributed by atoms with Gasteiger partial charge in [0.05, 0.1) is 3.57 Å². The highest BCUT2D eigenvalue weighted by Gasteiger charge is 2.17. The highest BCUT2D eigenvalue weighted by atomic mass is 127. The number of furan rings is 1. The fourth-order valence-corrected chi connectivity index (χ4v) is 1.46. The molecule has 0 aliphatic carbocycles. The Morgan fingerprint density at radius 2 is 2.09 bits per heavy atom. The summed E-state index contributed by atoms with van der Waals surface area (Å²) in [5, 5.41) is 8.60. The molecule has 0 fully saturated rings. The molecule has 0 atom stereocenters. The summed E-state index contributed by atoms with van der Waals surface area (Å²) < 4.78 is 5.69. The number of carbonyl (C=O) groups is 1. The first-order valence-corrected chi connectivity index (χ1v) is 4.10. The van der Waals surface area contributed by atoms with Crippen molar-refractivity contribution in [3.8, 4) is 0 Å². The molecule has 1 aromatic rings. The van der Waals surface area contributed by atoms with Gasteiger partial charge in [0.1, 0.15) is 5.76 Å². The van der Waals surface area contributed by atoms with Gasteiger partial charge in [-0.15, -0.1) is 0 Å². The largest absolute Gasteiger partial charge is 0.475 e. The molecule has 4 heteroatoms. The Bertz CT molecular complexity index is 301. The standard InChI is InChI=1S/C7H7IO3/c1-3-4(2)11-6(5(3)8)7(9)10/h1-2H3,(H,9,10). The zero-order chi connectivity index (χ0) is 8.59. The average molecular weight is 266 g/mol. The quantitative estimate of drug-likeness (QED) is 0.793. The normalized spacial score (nSPS) is 10.1. The van der Waals surface area contributed by atoms with Crippen molar-refractivity contribution in [2.75, 3.05) is 0 Å². The van der Waals surface area contributed by atoms with Crippen molar-refractivity contribution < 1.29 is 14.3 Å². The van der Waals surface area contributed by atoms with Crippen LogP contribution in [0.1, 0.15) is 21.9 Å². The Morgan fingerprint density at radius 1 is 1.55 bits per heavy atom. The Morgan fingerprint density at radius 3 is 2.27 bits per heavy atom. The van der Waals surface area contributed by atoms with Crippen LogP contribution in [0.4, 0.5) is 0 Å². The number of aromatic carboxylic acids is 1. The Labute approximate surface area is 77.5 Å². The second-order valence-corrected chi connectivity index (χ2v) is 3.31. The summed E-state index contributed by atoms with van der Waals surface area (Å²) >= 11 is 1.97. The molecule has 1 N–H and O–H groups in total. The summed E-state index contributed by atoms with van der Waals surface area (Å²) in [6.07, 6.45) is 0. The molecular formula is C7H7IO3. The molecule has 0 bridgehead atoms. The van der Waals surface area contributed by atoms with E-state index >= 15 is 0 Å². The first kappa shape index (κ1) is 8.58. The van der Waals surface area contributed by atoms with Crippen LogP contribution in [0.2, 0.25) is 0 Å². The minimum absolute atomic E-state index is 0.0422. The molecule has 0 aliphatic rings. The third kappa shape index (κ3) is 1.40. The molecule has 11 heavy (non-hydrogen) atoms. The van der Waals surface area contributed by atoms with Gasteiger partial charge in [-0.2, -0.15) is 0 Å². The maximum Gasteiger partial charge on any atom is 0.372 e. The fraction of sp³-hybridized carbons (Fsp3) is 0.286. The Kier molecular flexibility index (Phi) is 2.22. The lowest BCUT2D eigenvalue weighted by Crippen LogP contribution is -1.95. The van der Waals surface area contributed by atoms with Crippen LogP contribution in [-0.4, -0.2) is 11.1 Å². The third-order valence-electron chi connectivity index (χ3n) is 1.51. The van der Waals surface area contributed by atoms with E-state index in [0.717, 1.165) is 5.56 Å². The van der Waals surface area contributed by atoms with Gasteiger partial charge in [0.25, 0.3) is 0 Å². The molecule has 1 heterocycles. The summed E-state index contributed by atoms with van der Waals surface area (Å²) in [4.78, 5) is 10.5. The molecule has 0 unspecified atom stereocenters. The molecule has 3 nitrogen and oxygen atoms in total. The van der Waals surface area contributed by atoms with Crippen LogP contribution in [0.15, 0.2) is 4.42 Å². The highest BCUT2D eigenvalue weighted by Crippen LogP contribution is 2.22. The van der Waals surface area contributed by atoms with Gasteiger partial charge in [0.15, 0.2) is 0 Å². The van der Waals surface area contributed by atoms with Crippen LogP contribution >= 0.6 is 22.6 Å². The van der Waals surface area contributed by atoms with Gasteiger partial charge < -0.3 is 9.52 Å². The fourth-order valence-electron chi connectivity index (χ4n) is 0.737. The number of halogens is 1. The van der Waals surface area contributed by atoms with Crippen LogP contribution < -0.4 is 0 Å². The molecule has 0 saturated carbocycles. The van der Waals surface area contributed by atoms with Crippen molar-refractivity contribution in [2.45, 2.75) is 13.8 Å². The second-order valence-electron chi connectivity index (χ2n) is 2.23. The highest BCUT2D eigenvalue weighted by molar-refractivity contribution is 14.1. The first-order valence-electron chi connectivity index (χ1n) is 3.02. The van der Waals surface area contributed by atoms with Gasteiger partial charge in [0.2, 0.25) is 5.76 Å². The SMILES string of the molecule is Cc1oc(C(=O)O)c(I)c1C. The molecule has 1 aromatic heterocycles. The molecule has 1 rings (SSSR count). The molecular weight excluding hydrogens is 259 g/mol. The van der Waals surface area contributed by atoms with Crippen molar-refractivity contribution in [1.82, 2.24) is 0 Å². The first-order chi connectivity index (χ1) is 5.04. The van der Waals surface area contributed by atoms with Gasteiger partial charge in [-0.25, -0.2) is 4.79 Å². The van der Waals surface area contributed by atoms with Crippen LogP contribution in [-0.2, 0) is 0 Å². The average Bonchev–Trinajstić information content (AvgIpc) is 2.17. The van der Waals surface area contributed by atoms with Gasteiger partial charge in [-0.05, 0) is 36.4 Å². The molecule has 0 amide bonds. The second kappa shape index (κ2) is 2.84. The van der Waals surface area contributed by atoms with Crippen molar-refractivity contribution in [3.05, 3.63) is 20.7 Å². The predicted octanol–water partition coefficient (Wildman–Crippen LogP) is 2.20. The van der Waals surface area contributed by atoms with Crippen molar-refractivity contribution in [2.24, 2.45) is 0 Å². The van der Waals surface area contributed by atoms with E-state index in [4.69, 9.17) is 9.52 Å². The lowest BCUT2D eigenvalue weighted by Gasteiger charge is -1.86. The van der Waals surface area contributed by atoms with E-state index in [1.807, 2.05) is 29.5 Å². The summed E-state index contributed by atoms with van der Waals surface area (Å²) in [6.45, 7) is 3.59. The van der Waals surface area contributed by atoms with E-state index in [9.17, 15) is 4.79 Å². The number of aryl methyl sites for hydroxylation is 1. The van der Waals surface area contributed by atoms with Gasteiger partial charge in [-0.3, -0.25) is 0 Å². The lowest BCUT2D eigenvalue weighted by molar-refractivity contribution is 0.0659. The van der Waals surface area contributed by atoms with Crippen molar-refractivity contribution in [3.63, 3.8) is 0 Å². The minimum Gasteiger partial charge on any atom is -0.475 e. The number of carboxylic acids is 1. The monoisotopic (exact) mass is 266 g/mol. The summed E-state index contributed by atoms with van der Waals surface area (Å²) in [6, 6.07) is 0. The minimum atomic E-state index is -1.01. The third-order valence-corrected chi connectivity index (χ3v) is 2.81. The van der Waals surface area contributed by atoms with Crippen molar-refractivity contribution >= 4 is 28.6 Å². The Hall–Kier alpha value is -0.520. The Balaban J connectivity index is 3.29. The zero-order valence-corrected chi connectivity index (χ0v) is 8.30. The van der Waals surface area contributed by atoms with E-state index in [1.165, 1.54) is 0 Å². The van der Waals surface area contributed by atoms with E-state index in [0.29, 0.717) is 9.33 Å². The van der Waals surface area contributed by atoms with Crippen LogP contribution in [0.5, 0.6) is 0 Å². The van der Waals surface area contributed by atoms with Crippen LogP contribution in [0, 0.1) is 17.4 Å².